The second kappa shape index (κ2) is 10.5. The van der Waals surface area contributed by atoms with Crippen LogP contribution in [0.3, 0.4) is 0 Å². The molecule has 1 aromatic heterocycles. The molecule has 5 rings (SSSR count). The Morgan fingerprint density at radius 2 is 1.63 bits per heavy atom. The van der Waals surface area contributed by atoms with Gasteiger partial charge in [0.05, 0.1) is 18.2 Å². The zero-order valence-electron chi connectivity index (χ0n) is 20.5. The normalized spacial score (nSPS) is 11.5. The van der Waals surface area contributed by atoms with E-state index in [1.165, 1.54) is 25.4 Å². The summed E-state index contributed by atoms with van der Waals surface area (Å²) in [5, 5.41) is 3.64. The minimum Gasteiger partial charge on any atom is -0.496 e. The number of anilines is 1. The predicted octanol–water partition coefficient (Wildman–Crippen LogP) is 8.27. The molecule has 38 heavy (non-hydrogen) atoms. The SMILES string of the molecule is COc1cccc(F)c1CNc1cccc(-c2c(Cc3ccccc3)cnc3c(C(F)(F)F)cccc23)c1. The van der Waals surface area contributed by atoms with Crippen molar-refractivity contribution in [1.82, 2.24) is 4.98 Å². The fraction of sp³-hybridized carbons (Fsp3) is 0.129. The van der Waals surface area contributed by atoms with Gasteiger partial charge >= 0.3 is 6.18 Å². The Kier molecular flexibility index (Phi) is 7.01. The van der Waals surface area contributed by atoms with Crippen LogP contribution in [-0.2, 0) is 19.1 Å². The highest BCUT2D eigenvalue weighted by molar-refractivity contribution is 5.98. The van der Waals surface area contributed by atoms with Crippen LogP contribution in [-0.4, -0.2) is 12.1 Å². The second-order valence-electron chi connectivity index (χ2n) is 8.88. The third-order valence-corrected chi connectivity index (χ3v) is 6.44. The molecule has 5 aromatic rings. The van der Waals surface area contributed by atoms with Crippen molar-refractivity contribution in [3.8, 4) is 16.9 Å². The van der Waals surface area contributed by atoms with Crippen LogP contribution >= 0.6 is 0 Å². The molecule has 0 saturated heterocycles. The van der Waals surface area contributed by atoms with E-state index in [-0.39, 0.29) is 12.1 Å². The highest BCUT2D eigenvalue weighted by Gasteiger charge is 2.33. The Morgan fingerprint density at radius 1 is 0.868 bits per heavy atom. The highest BCUT2D eigenvalue weighted by Crippen LogP contribution is 2.39. The molecule has 3 nitrogen and oxygen atoms in total. The third kappa shape index (κ3) is 5.18. The first-order valence-corrected chi connectivity index (χ1v) is 12.0. The lowest BCUT2D eigenvalue weighted by Gasteiger charge is -2.17. The van der Waals surface area contributed by atoms with Gasteiger partial charge in [-0.1, -0.05) is 60.7 Å². The summed E-state index contributed by atoms with van der Waals surface area (Å²) >= 11 is 0. The summed E-state index contributed by atoms with van der Waals surface area (Å²) in [6.07, 6.45) is -2.50. The summed E-state index contributed by atoms with van der Waals surface area (Å²) in [6, 6.07) is 25.8. The number of hydrogen-bond donors (Lipinski definition) is 1. The van der Waals surface area contributed by atoms with Crippen molar-refractivity contribution in [3.63, 3.8) is 0 Å². The Bertz CT molecular complexity index is 1580. The summed E-state index contributed by atoms with van der Waals surface area (Å²) in [6.45, 7) is 0.172. The van der Waals surface area contributed by atoms with E-state index in [9.17, 15) is 17.6 Å². The van der Waals surface area contributed by atoms with Gasteiger partial charge in [-0.2, -0.15) is 13.2 Å². The van der Waals surface area contributed by atoms with Crippen molar-refractivity contribution in [2.75, 3.05) is 12.4 Å². The minimum atomic E-state index is -4.53. The number of methoxy groups -OCH3 is 1. The molecule has 0 unspecified atom stereocenters. The topological polar surface area (TPSA) is 34.1 Å². The average molecular weight is 517 g/mol. The van der Waals surface area contributed by atoms with Crippen LogP contribution in [0.15, 0.2) is 97.2 Å². The van der Waals surface area contributed by atoms with Crippen molar-refractivity contribution >= 4 is 16.6 Å². The molecular weight excluding hydrogens is 492 g/mol. The van der Waals surface area contributed by atoms with Crippen LogP contribution < -0.4 is 10.1 Å². The molecule has 0 aliphatic rings. The van der Waals surface area contributed by atoms with Gasteiger partial charge < -0.3 is 10.1 Å². The maximum atomic E-state index is 14.4. The van der Waals surface area contributed by atoms with Gasteiger partial charge in [0.15, 0.2) is 0 Å². The average Bonchev–Trinajstić information content (AvgIpc) is 2.92. The number of para-hydroxylation sites is 1. The van der Waals surface area contributed by atoms with Gasteiger partial charge in [0.25, 0.3) is 0 Å². The molecule has 4 aromatic carbocycles. The standard InChI is InChI=1S/C31H24F4N2O/c1-38-28-15-7-14-27(32)25(28)19-36-23-11-5-10-21(17-23)29-22(16-20-8-3-2-4-9-20)18-37-30-24(29)12-6-13-26(30)31(33,34)35/h2-15,17-18,36H,16,19H2,1H3. The van der Waals surface area contributed by atoms with Crippen LogP contribution in [0.25, 0.3) is 22.0 Å². The Balaban J connectivity index is 1.60. The van der Waals surface area contributed by atoms with E-state index in [0.717, 1.165) is 22.8 Å². The number of ether oxygens (including phenoxy) is 1. The van der Waals surface area contributed by atoms with E-state index < -0.39 is 17.6 Å². The Hall–Kier alpha value is -4.39. The van der Waals surface area contributed by atoms with Crippen molar-refractivity contribution in [3.05, 3.63) is 125 Å². The Morgan fingerprint density at radius 3 is 2.39 bits per heavy atom. The summed E-state index contributed by atoms with van der Waals surface area (Å²) in [5.41, 5.74) is 3.43. The molecule has 192 valence electrons. The first-order chi connectivity index (χ1) is 18.3. The molecular formula is C31H24F4N2O. The molecule has 0 fully saturated rings. The van der Waals surface area contributed by atoms with Crippen LogP contribution in [0, 0.1) is 5.82 Å². The molecule has 0 radical (unpaired) electrons. The van der Waals surface area contributed by atoms with Crippen molar-refractivity contribution < 1.29 is 22.3 Å². The first-order valence-electron chi connectivity index (χ1n) is 12.0. The van der Waals surface area contributed by atoms with E-state index >= 15 is 0 Å². The number of rotatable bonds is 7. The minimum absolute atomic E-state index is 0.0960. The van der Waals surface area contributed by atoms with Gasteiger partial charge in [0.2, 0.25) is 0 Å². The maximum absolute atomic E-state index is 14.4. The van der Waals surface area contributed by atoms with E-state index in [1.807, 2.05) is 54.6 Å². The van der Waals surface area contributed by atoms with Crippen LogP contribution in [0.4, 0.5) is 23.2 Å². The van der Waals surface area contributed by atoms with Crippen LogP contribution in [0.5, 0.6) is 5.75 Å². The van der Waals surface area contributed by atoms with Crippen LogP contribution in [0.1, 0.15) is 22.3 Å². The van der Waals surface area contributed by atoms with Crippen molar-refractivity contribution in [1.29, 1.82) is 0 Å². The van der Waals surface area contributed by atoms with E-state index in [2.05, 4.69) is 10.3 Å². The van der Waals surface area contributed by atoms with Crippen LogP contribution in [0.2, 0.25) is 0 Å². The summed E-state index contributed by atoms with van der Waals surface area (Å²) in [5.74, 6) is 0.0385. The number of aromatic nitrogens is 1. The van der Waals surface area contributed by atoms with E-state index in [1.54, 1.807) is 18.2 Å². The molecule has 1 heterocycles. The lowest BCUT2D eigenvalue weighted by molar-refractivity contribution is -0.136. The molecule has 0 amide bonds. The molecule has 0 aliphatic carbocycles. The maximum Gasteiger partial charge on any atom is 0.418 e. The number of pyridine rings is 1. The molecule has 0 spiro atoms. The first kappa shape index (κ1) is 25.3. The zero-order valence-corrected chi connectivity index (χ0v) is 20.5. The number of fused-ring (bicyclic) bond motifs is 1. The number of hydrogen-bond acceptors (Lipinski definition) is 3. The van der Waals surface area contributed by atoms with Crippen molar-refractivity contribution in [2.24, 2.45) is 0 Å². The van der Waals surface area contributed by atoms with Crippen molar-refractivity contribution in [2.45, 2.75) is 19.1 Å². The highest BCUT2D eigenvalue weighted by atomic mass is 19.4. The number of halogens is 4. The zero-order chi connectivity index (χ0) is 26.7. The molecule has 0 atom stereocenters. The molecule has 0 bridgehead atoms. The Labute approximate surface area is 217 Å². The number of nitrogens with one attached hydrogen (secondary N) is 1. The van der Waals surface area contributed by atoms with Gasteiger partial charge in [0, 0.05) is 29.4 Å². The summed E-state index contributed by atoms with van der Waals surface area (Å²) in [7, 11) is 1.48. The van der Waals surface area contributed by atoms with Gasteiger partial charge in [-0.25, -0.2) is 4.39 Å². The summed E-state index contributed by atoms with van der Waals surface area (Å²) in [4.78, 5) is 4.27. The fourth-order valence-corrected chi connectivity index (χ4v) is 4.66. The number of benzene rings is 4. The lowest BCUT2D eigenvalue weighted by Crippen LogP contribution is -2.07. The molecule has 1 N–H and O–H groups in total. The fourth-order valence-electron chi connectivity index (χ4n) is 4.66. The van der Waals surface area contributed by atoms with Gasteiger partial charge in [0.1, 0.15) is 11.6 Å². The van der Waals surface area contributed by atoms with Gasteiger partial charge in [-0.3, -0.25) is 4.98 Å². The lowest BCUT2D eigenvalue weighted by atomic mass is 9.91. The monoisotopic (exact) mass is 516 g/mol. The van der Waals surface area contributed by atoms with Gasteiger partial charge in [-0.05, 0) is 59.0 Å². The summed E-state index contributed by atoms with van der Waals surface area (Å²) < 4.78 is 61.2. The molecule has 7 heteroatoms. The smallest absolute Gasteiger partial charge is 0.418 e. The van der Waals surface area contributed by atoms with E-state index in [4.69, 9.17) is 4.74 Å². The molecule has 0 saturated carbocycles. The largest absolute Gasteiger partial charge is 0.496 e. The van der Waals surface area contributed by atoms with Gasteiger partial charge in [-0.15, -0.1) is 0 Å². The molecule has 0 aliphatic heterocycles. The quantitative estimate of drug-likeness (QED) is 0.221. The number of nitrogens with zero attached hydrogens (tertiary/aromatic N) is 1. The van der Waals surface area contributed by atoms with E-state index in [0.29, 0.717) is 34.4 Å². The number of alkyl halides is 3. The third-order valence-electron chi connectivity index (χ3n) is 6.44. The predicted molar refractivity (Wildman–Crippen MR) is 142 cm³/mol. The second-order valence-corrected chi connectivity index (χ2v) is 8.88.